The molecular formula is C23H25N5O5S. The van der Waals surface area contributed by atoms with Crippen LogP contribution < -0.4 is 15.6 Å². The molecule has 1 N–H and O–H groups in total. The Morgan fingerprint density at radius 3 is 2.56 bits per heavy atom. The fraction of sp³-hybridized carbons (Fsp3) is 0.348. The Balaban J connectivity index is 1.50. The summed E-state index contributed by atoms with van der Waals surface area (Å²) in [4.78, 5) is 38.1. The highest BCUT2D eigenvalue weighted by Gasteiger charge is 2.27. The second-order valence-corrected chi connectivity index (χ2v) is 8.93. The van der Waals surface area contributed by atoms with Gasteiger partial charge in [0.05, 0.1) is 12.1 Å². The highest BCUT2D eigenvalue weighted by atomic mass is 32.1. The van der Waals surface area contributed by atoms with Gasteiger partial charge in [0.1, 0.15) is 16.5 Å². The molecule has 178 valence electrons. The van der Waals surface area contributed by atoms with E-state index >= 15 is 0 Å². The number of aryl methyl sites for hydroxylation is 1. The van der Waals surface area contributed by atoms with Crippen molar-refractivity contribution in [3.8, 4) is 5.75 Å². The number of benzene rings is 1. The summed E-state index contributed by atoms with van der Waals surface area (Å²) in [6, 6.07) is 7.64. The minimum absolute atomic E-state index is 0.161. The summed E-state index contributed by atoms with van der Waals surface area (Å²) in [6.07, 6.45) is 0. The number of carbonyl (C=O) groups excluding carboxylic acids is 2. The molecule has 0 unspecified atom stereocenters. The van der Waals surface area contributed by atoms with Crippen LogP contribution in [0.2, 0.25) is 0 Å². The number of fused-ring (bicyclic) bond motifs is 3. The Morgan fingerprint density at radius 2 is 1.88 bits per heavy atom. The van der Waals surface area contributed by atoms with E-state index in [0.717, 1.165) is 0 Å². The Hall–Kier alpha value is -3.73. The summed E-state index contributed by atoms with van der Waals surface area (Å²) in [6.45, 7) is 5.89. The van der Waals surface area contributed by atoms with Crippen molar-refractivity contribution in [2.75, 3.05) is 6.61 Å². The monoisotopic (exact) mass is 483 g/mol. The number of ether oxygens (including phenoxy) is 2. The van der Waals surface area contributed by atoms with Crippen LogP contribution in [0.4, 0.5) is 0 Å². The summed E-state index contributed by atoms with van der Waals surface area (Å²) in [5.74, 6) is 0.211. The van der Waals surface area contributed by atoms with Crippen LogP contribution in [0, 0.1) is 5.92 Å². The van der Waals surface area contributed by atoms with Crippen molar-refractivity contribution in [3.05, 3.63) is 57.5 Å². The third-order valence-electron chi connectivity index (χ3n) is 5.38. The zero-order chi connectivity index (χ0) is 24.4. The lowest BCUT2D eigenvalue weighted by Gasteiger charge is -2.20. The fourth-order valence-corrected chi connectivity index (χ4v) is 4.41. The summed E-state index contributed by atoms with van der Waals surface area (Å²) >= 11 is 1.32. The van der Waals surface area contributed by atoms with E-state index in [-0.39, 0.29) is 24.0 Å². The van der Waals surface area contributed by atoms with Crippen LogP contribution in [0.3, 0.4) is 0 Å². The molecule has 4 rings (SSSR count). The number of esters is 1. The first kappa shape index (κ1) is 23.4. The highest BCUT2D eigenvalue weighted by Crippen LogP contribution is 2.20. The van der Waals surface area contributed by atoms with Gasteiger partial charge in [-0.2, -0.15) is 0 Å². The third-order valence-corrected chi connectivity index (χ3v) is 6.27. The molecule has 1 aromatic carbocycles. The minimum Gasteiger partial charge on any atom is -0.494 e. The maximum atomic E-state index is 12.9. The Kier molecular flexibility index (Phi) is 6.64. The van der Waals surface area contributed by atoms with E-state index in [2.05, 4.69) is 15.5 Å². The van der Waals surface area contributed by atoms with Crippen molar-refractivity contribution in [1.82, 2.24) is 24.5 Å². The first-order valence-electron chi connectivity index (χ1n) is 10.8. The predicted octanol–water partition coefficient (Wildman–Crippen LogP) is 2.54. The molecule has 0 saturated heterocycles. The molecule has 0 aliphatic carbocycles. The van der Waals surface area contributed by atoms with Crippen LogP contribution in [0.25, 0.3) is 16.0 Å². The Bertz CT molecular complexity index is 1400. The lowest BCUT2D eigenvalue weighted by Crippen LogP contribution is -2.45. The van der Waals surface area contributed by atoms with Gasteiger partial charge in [-0.3, -0.25) is 18.6 Å². The highest BCUT2D eigenvalue weighted by molar-refractivity contribution is 7.17. The van der Waals surface area contributed by atoms with Gasteiger partial charge in [-0.25, -0.2) is 4.79 Å². The van der Waals surface area contributed by atoms with Crippen molar-refractivity contribution < 1.29 is 19.1 Å². The van der Waals surface area contributed by atoms with Crippen molar-refractivity contribution in [3.63, 3.8) is 0 Å². The van der Waals surface area contributed by atoms with Gasteiger partial charge >= 0.3 is 5.97 Å². The van der Waals surface area contributed by atoms with Gasteiger partial charge in [-0.15, -0.1) is 21.5 Å². The van der Waals surface area contributed by atoms with Gasteiger partial charge in [0.2, 0.25) is 5.78 Å². The molecule has 0 fully saturated rings. The second-order valence-electron chi connectivity index (χ2n) is 8.01. The van der Waals surface area contributed by atoms with E-state index in [9.17, 15) is 14.4 Å². The molecular weight excluding hydrogens is 458 g/mol. The molecule has 0 saturated carbocycles. The van der Waals surface area contributed by atoms with Crippen molar-refractivity contribution in [2.24, 2.45) is 13.0 Å². The fourth-order valence-electron chi connectivity index (χ4n) is 3.56. The normalized spacial score (nSPS) is 12.3. The Morgan fingerprint density at radius 1 is 1.15 bits per heavy atom. The van der Waals surface area contributed by atoms with E-state index in [0.29, 0.717) is 39.7 Å². The first-order chi connectivity index (χ1) is 16.3. The average molecular weight is 484 g/mol. The molecule has 1 atom stereocenters. The smallest absolute Gasteiger partial charge is 0.329 e. The predicted molar refractivity (Wildman–Crippen MR) is 127 cm³/mol. The molecule has 0 bridgehead atoms. The van der Waals surface area contributed by atoms with Gasteiger partial charge < -0.3 is 14.8 Å². The van der Waals surface area contributed by atoms with Crippen LogP contribution in [0.15, 0.2) is 40.5 Å². The van der Waals surface area contributed by atoms with Gasteiger partial charge in [-0.1, -0.05) is 13.8 Å². The van der Waals surface area contributed by atoms with Gasteiger partial charge in [0, 0.05) is 12.6 Å². The van der Waals surface area contributed by atoms with E-state index in [4.69, 9.17) is 9.47 Å². The van der Waals surface area contributed by atoms with E-state index in [1.807, 2.05) is 26.2 Å². The minimum atomic E-state index is -0.858. The third kappa shape index (κ3) is 4.38. The molecule has 11 heteroatoms. The van der Waals surface area contributed by atoms with E-state index < -0.39 is 12.0 Å². The van der Waals surface area contributed by atoms with Gasteiger partial charge in [0.15, 0.2) is 12.4 Å². The molecule has 4 aromatic rings. The lowest BCUT2D eigenvalue weighted by atomic mass is 10.0. The van der Waals surface area contributed by atoms with Gasteiger partial charge in [0.25, 0.3) is 11.5 Å². The molecule has 34 heavy (non-hydrogen) atoms. The van der Waals surface area contributed by atoms with E-state index in [1.54, 1.807) is 41.8 Å². The van der Waals surface area contributed by atoms with Crippen LogP contribution in [0.5, 0.6) is 5.75 Å². The van der Waals surface area contributed by atoms with Gasteiger partial charge in [-0.05, 0) is 48.6 Å². The Labute approximate surface area is 199 Å². The SMILES string of the molecule is CCOc1ccc(C(=O)N[C@H](C(=O)OCc2nnc3n(C)c(=O)c4sccc4n23)C(C)C)cc1. The molecule has 0 radical (unpaired) electrons. The topological polar surface area (TPSA) is 117 Å². The summed E-state index contributed by atoms with van der Waals surface area (Å²) in [7, 11) is 1.62. The number of rotatable bonds is 8. The van der Waals surface area contributed by atoms with Crippen molar-refractivity contribution in [1.29, 1.82) is 0 Å². The van der Waals surface area contributed by atoms with Crippen LogP contribution in [-0.2, 0) is 23.2 Å². The second kappa shape index (κ2) is 9.64. The standard InChI is InChI=1S/C23H25N5O5S/c1-5-32-15-8-6-14(7-9-15)20(29)24-18(13(2)3)22(31)33-12-17-25-26-23-27(4)21(30)19-16(28(17)23)10-11-34-19/h6-11,13,18H,5,12H2,1-4H3,(H,24,29)/t18-/m0/s1. The summed E-state index contributed by atoms with van der Waals surface area (Å²) in [5.41, 5.74) is 0.903. The number of amides is 1. The van der Waals surface area contributed by atoms with Crippen LogP contribution in [0.1, 0.15) is 37.0 Å². The number of carbonyl (C=O) groups is 2. The number of hydrogen-bond acceptors (Lipinski definition) is 8. The molecule has 0 spiro atoms. The number of hydrogen-bond donors (Lipinski definition) is 1. The first-order valence-corrected chi connectivity index (χ1v) is 11.7. The van der Waals surface area contributed by atoms with E-state index in [1.165, 1.54) is 15.9 Å². The molecule has 10 nitrogen and oxygen atoms in total. The molecule has 1 amide bonds. The number of nitrogens with one attached hydrogen (secondary N) is 1. The van der Waals surface area contributed by atoms with Crippen LogP contribution >= 0.6 is 11.3 Å². The number of thiophene rings is 1. The maximum Gasteiger partial charge on any atom is 0.329 e. The summed E-state index contributed by atoms with van der Waals surface area (Å²) in [5, 5.41) is 12.8. The zero-order valence-electron chi connectivity index (χ0n) is 19.3. The quantitative estimate of drug-likeness (QED) is 0.383. The van der Waals surface area contributed by atoms with Crippen molar-refractivity contribution >= 4 is 39.2 Å². The number of aromatic nitrogens is 4. The molecule has 0 aliphatic heterocycles. The van der Waals surface area contributed by atoms with Crippen LogP contribution in [-0.4, -0.2) is 43.7 Å². The zero-order valence-corrected chi connectivity index (χ0v) is 20.1. The largest absolute Gasteiger partial charge is 0.494 e. The molecule has 3 aromatic heterocycles. The average Bonchev–Trinajstić information content (AvgIpc) is 3.47. The molecule has 0 aliphatic rings. The maximum absolute atomic E-state index is 12.9. The van der Waals surface area contributed by atoms with Crippen molar-refractivity contribution in [2.45, 2.75) is 33.4 Å². The molecule has 3 heterocycles. The number of nitrogens with zero attached hydrogens (tertiary/aromatic N) is 4. The lowest BCUT2D eigenvalue weighted by molar-refractivity contribution is -0.148. The summed E-state index contributed by atoms with van der Waals surface area (Å²) < 4.78 is 14.6.